The first-order valence-corrected chi connectivity index (χ1v) is 7.50. The van der Waals surface area contributed by atoms with Crippen LogP contribution in [0.2, 0.25) is 0 Å². The van der Waals surface area contributed by atoms with E-state index in [0.29, 0.717) is 6.04 Å². The van der Waals surface area contributed by atoms with Crippen molar-refractivity contribution in [2.24, 2.45) is 5.92 Å². The van der Waals surface area contributed by atoms with Crippen LogP contribution in [0.1, 0.15) is 58.1 Å². The molecule has 0 aliphatic heterocycles. The maximum Gasteiger partial charge on any atom is 0.0785 e. The van der Waals surface area contributed by atoms with E-state index in [0.717, 1.165) is 5.92 Å². The Morgan fingerprint density at radius 1 is 1.11 bits per heavy atom. The van der Waals surface area contributed by atoms with Gasteiger partial charge in [0, 0.05) is 6.04 Å². The quantitative estimate of drug-likeness (QED) is 0.867. The Hall–Kier alpha value is -0.860. The van der Waals surface area contributed by atoms with Gasteiger partial charge >= 0.3 is 0 Å². The number of benzene rings is 1. The molecule has 19 heavy (non-hydrogen) atoms. The number of hydrogen-bond acceptors (Lipinski definition) is 2. The molecule has 0 bridgehead atoms. The summed E-state index contributed by atoms with van der Waals surface area (Å²) in [6.45, 7) is 6.12. The number of rotatable bonds is 4. The minimum absolute atomic E-state index is 0.00658. The Bertz CT molecular complexity index is 374. The van der Waals surface area contributed by atoms with Crippen molar-refractivity contribution >= 4 is 0 Å². The topological polar surface area (TPSA) is 32.3 Å². The molecule has 0 spiro atoms. The zero-order chi connectivity index (χ0) is 13.9. The lowest BCUT2D eigenvalue weighted by Gasteiger charge is -2.36. The van der Waals surface area contributed by atoms with Gasteiger partial charge in [0.1, 0.15) is 0 Å². The molecular formula is C17H27NO. The average molecular weight is 261 g/mol. The molecule has 0 radical (unpaired) electrons. The van der Waals surface area contributed by atoms with Crippen LogP contribution < -0.4 is 5.32 Å². The molecule has 1 fully saturated rings. The van der Waals surface area contributed by atoms with E-state index in [9.17, 15) is 5.11 Å². The van der Waals surface area contributed by atoms with E-state index in [4.69, 9.17) is 0 Å². The summed E-state index contributed by atoms with van der Waals surface area (Å²) in [4.78, 5) is 0. The van der Waals surface area contributed by atoms with Gasteiger partial charge in [-0.15, -0.1) is 0 Å². The van der Waals surface area contributed by atoms with Gasteiger partial charge in [-0.2, -0.15) is 0 Å². The van der Waals surface area contributed by atoms with Gasteiger partial charge in [-0.25, -0.2) is 0 Å². The predicted molar refractivity (Wildman–Crippen MR) is 80.0 cm³/mol. The van der Waals surface area contributed by atoms with Crippen molar-refractivity contribution in [2.45, 2.75) is 64.1 Å². The minimum atomic E-state index is -0.746. The van der Waals surface area contributed by atoms with Crippen molar-refractivity contribution in [3.63, 3.8) is 0 Å². The van der Waals surface area contributed by atoms with Gasteiger partial charge in [-0.05, 0) is 51.0 Å². The molecule has 1 aromatic rings. The second-order valence-electron chi connectivity index (χ2n) is 6.62. The highest BCUT2D eigenvalue weighted by atomic mass is 16.3. The lowest BCUT2D eigenvalue weighted by molar-refractivity contribution is 0.0293. The maximum absolute atomic E-state index is 10.5. The van der Waals surface area contributed by atoms with Crippen LogP contribution in [0.15, 0.2) is 30.3 Å². The highest BCUT2D eigenvalue weighted by Gasteiger charge is 2.31. The van der Waals surface area contributed by atoms with E-state index in [-0.39, 0.29) is 6.04 Å². The Morgan fingerprint density at radius 2 is 1.68 bits per heavy atom. The van der Waals surface area contributed by atoms with Crippen LogP contribution in [0, 0.1) is 5.92 Å². The molecule has 1 aliphatic carbocycles. The Balaban J connectivity index is 2.07. The van der Waals surface area contributed by atoms with Crippen LogP contribution in [-0.2, 0) is 0 Å². The average Bonchev–Trinajstić information content (AvgIpc) is 2.37. The highest BCUT2D eigenvalue weighted by molar-refractivity contribution is 5.21. The van der Waals surface area contributed by atoms with E-state index in [2.05, 4.69) is 24.4 Å². The van der Waals surface area contributed by atoms with Crippen molar-refractivity contribution in [3.8, 4) is 0 Å². The van der Waals surface area contributed by atoms with Gasteiger partial charge in [-0.3, -0.25) is 0 Å². The largest absolute Gasteiger partial charge is 0.388 e. The Labute approximate surface area is 117 Å². The van der Waals surface area contributed by atoms with Crippen LogP contribution >= 0.6 is 0 Å². The van der Waals surface area contributed by atoms with Crippen LogP contribution in [0.25, 0.3) is 0 Å². The zero-order valence-electron chi connectivity index (χ0n) is 12.4. The predicted octanol–water partition coefficient (Wildman–Crippen LogP) is 3.67. The third kappa shape index (κ3) is 4.05. The van der Waals surface area contributed by atoms with Crippen molar-refractivity contribution < 1.29 is 5.11 Å². The first-order chi connectivity index (χ1) is 8.97. The first kappa shape index (κ1) is 14.5. The summed E-state index contributed by atoms with van der Waals surface area (Å²) in [7, 11) is 0. The molecule has 0 aromatic heterocycles. The summed E-state index contributed by atoms with van der Waals surface area (Å²) < 4.78 is 0. The summed E-state index contributed by atoms with van der Waals surface area (Å²) in [6.07, 6.45) is 5.04. The van der Waals surface area contributed by atoms with Gasteiger partial charge < -0.3 is 10.4 Å². The molecule has 1 aromatic carbocycles. The molecule has 0 amide bonds. The first-order valence-electron chi connectivity index (χ1n) is 7.50. The van der Waals surface area contributed by atoms with Crippen molar-refractivity contribution in [3.05, 3.63) is 35.9 Å². The van der Waals surface area contributed by atoms with E-state index in [1.165, 1.54) is 31.2 Å². The molecule has 1 atom stereocenters. The standard InChI is InChI=1S/C17H27NO/c1-13-9-11-15(12-10-13)18-16(17(2,3)19)14-7-5-4-6-8-14/h4-8,13,15-16,18-19H,9-12H2,1-3H3. The third-order valence-corrected chi connectivity index (χ3v) is 4.26. The molecule has 106 valence electrons. The van der Waals surface area contributed by atoms with Gasteiger partial charge in [0.05, 0.1) is 11.6 Å². The van der Waals surface area contributed by atoms with Crippen molar-refractivity contribution in [2.75, 3.05) is 0 Å². The fraction of sp³-hybridized carbons (Fsp3) is 0.647. The SMILES string of the molecule is CC1CCC(NC(c2ccccc2)C(C)(C)O)CC1. The van der Waals surface area contributed by atoms with Gasteiger partial charge in [-0.1, -0.05) is 37.3 Å². The molecule has 2 nitrogen and oxygen atoms in total. The summed E-state index contributed by atoms with van der Waals surface area (Å²) in [5.74, 6) is 0.857. The Kier molecular flexibility index (Phi) is 4.64. The molecule has 1 unspecified atom stereocenters. The van der Waals surface area contributed by atoms with Gasteiger partial charge in [0.15, 0.2) is 0 Å². The maximum atomic E-state index is 10.5. The second-order valence-corrected chi connectivity index (χ2v) is 6.62. The zero-order valence-corrected chi connectivity index (χ0v) is 12.4. The molecular weight excluding hydrogens is 234 g/mol. The molecule has 0 heterocycles. The molecule has 2 rings (SSSR count). The van der Waals surface area contributed by atoms with Crippen LogP contribution in [0.4, 0.5) is 0 Å². The molecule has 2 N–H and O–H groups in total. The Morgan fingerprint density at radius 3 is 2.21 bits per heavy atom. The summed E-state index contributed by atoms with van der Waals surface area (Å²) in [5.41, 5.74) is 0.429. The fourth-order valence-electron chi connectivity index (χ4n) is 3.02. The van der Waals surface area contributed by atoms with Gasteiger partial charge in [0.2, 0.25) is 0 Å². The second kappa shape index (κ2) is 6.06. The molecule has 2 heteroatoms. The summed E-state index contributed by atoms with van der Waals surface area (Å²) >= 11 is 0. The number of nitrogens with one attached hydrogen (secondary N) is 1. The van der Waals surface area contributed by atoms with E-state index < -0.39 is 5.60 Å². The third-order valence-electron chi connectivity index (χ3n) is 4.26. The number of hydrogen-bond donors (Lipinski definition) is 2. The smallest absolute Gasteiger partial charge is 0.0785 e. The fourth-order valence-corrected chi connectivity index (χ4v) is 3.02. The van der Waals surface area contributed by atoms with Crippen molar-refractivity contribution in [1.82, 2.24) is 5.32 Å². The molecule has 1 aliphatic rings. The van der Waals surface area contributed by atoms with Crippen LogP contribution in [-0.4, -0.2) is 16.7 Å². The summed E-state index contributed by atoms with van der Waals surface area (Å²) in [5, 5.41) is 14.1. The van der Waals surface area contributed by atoms with Gasteiger partial charge in [0.25, 0.3) is 0 Å². The lowest BCUT2D eigenvalue weighted by Crippen LogP contribution is -2.45. The molecule has 0 saturated heterocycles. The van der Waals surface area contributed by atoms with Crippen LogP contribution in [0.3, 0.4) is 0 Å². The highest BCUT2D eigenvalue weighted by Crippen LogP contribution is 2.30. The van der Waals surface area contributed by atoms with E-state index in [1.807, 2.05) is 32.0 Å². The summed E-state index contributed by atoms with van der Waals surface area (Å²) in [6, 6.07) is 10.8. The van der Waals surface area contributed by atoms with Crippen LogP contribution in [0.5, 0.6) is 0 Å². The molecule has 1 saturated carbocycles. The van der Waals surface area contributed by atoms with Crippen molar-refractivity contribution in [1.29, 1.82) is 0 Å². The van der Waals surface area contributed by atoms with E-state index in [1.54, 1.807) is 0 Å². The van der Waals surface area contributed by atoms with E-state index >= 15 is 0 Å². The normalized spacial score (nSPS) is 26.1. The lowest BCUT2D eigenvalue weighted by atomic mass is 9.85. The monoisotopic (exact) mass is 261 g/mol. The minimum Gasteiger partial charge on any atom is -0.388 e. The number of aliphatic hydroxyl groups is 1.